The first-order valence-corrected chi connectivity index (χ1v) is 11.1. The van der Waals surface area contributed by atoms with E-state index in [4.69, 9.17) is 5.26 Å². The molecule has 6 nitrogen and oxygen atoms in total. The van der Waals surface area contributed by atoms with Crippen molar-refractivity contribution in [1.82, 2.24) is 9.62 Å². The highest BCUT2D eigenvalue weighted by Crippen LogP contribution is 2.27. The second-order valence-corrected chi connectivity index (χ2v) is 9.73. The number of sulfonamides is 1. The molecule has 2 aromatic carbocycles. The molecule has 0 aliphatic carbocycles. The minimum Gasteiger partial charge on any atom is -0.348 e. The molecule has 1 amide bonds. The minimum absolute atomic E-state index is 0.143. The number of nitrogens with zero attached hydrogens (tertiary/aromatic N) is 2. The number of amides is 1. The Hall–Kier alpha value is -2.69. The molecule has 2 aromatic rings. The fraction of sp³-hybridized carbons (Fsp3) is 0.364. The predicted octanol–water partition coefficient (Wildman–Crippen LogP) is 3.15. The lowest BCUT2D eigenvalue weighted by atomic mass is 9.94. The normalized spacial score (nSPS) is 20.0. The Labute approximate surface area is 172 Å². The van der Waals surface area contributed by atoms with Gasteiger partial charge in [0.15, 0.2) is 0 Å². The molecule has 0 radical (unpaired) electrons. The molecule has 7 heteroatoms. The van der Waals surface area contributed by atoms with E-state index >= 15 is 0 Å². The fourth-order valence-electron chi connectivity index (χ4n) is 3.73. The Kier molecular flexibility index (Phi) is 6.36. The monoisotopic (exact) mass is 411 g/mol. The number of nitrogens with one attached hydrogen (secondary N) is 1. The van der Waals surface area contributed by atoms with Crippen LogP contribution in [0, 0.1) is 23.2 Å². The summed E-state index contributed by atoms with van der Waals surface area (Å²) in [5, 5.41) is 11.6. The zero-order chi connectivity index (χ0) is 21.0. The standard InChI is InChI=1S/C22H25N3O3S/c1-16-10-17(2)15-25(14-16)29(27,28)21-5-3-4-20(11-21)22(26)24-13-19-8-6-18(12-23)7-9-19/h3-9,11,16-17H,10,13-15H2,1-2H3,(H,24,26). The van der Waals surface area contributed by atoms with Gasteiger partial charge in [0.05, 0.1) is 16.5 Å². The second-order valence-electron chi connectivity index (χ2n) is 7.79. The van der Waals surface area contributed by atoms with Crippen molar-refractivity contribution in [1.29, 1.82) is 5.26 Å². The summed E-state index contributed by atoms with van der Waals surface area (Å²) >= 11 is 0. The van der Waals surface area contributed by atoms with E-state index in [2.05, 4.69) is 19.2 Å². The van der Waals surface area contributed by atoms with Crippen molar-refractivity contribution in [3.63, 3.8) is 0 Å². The summed E-state index contributed by atoms with van der Waals surface area (Å²) in [5.41, 5.74) is 1.72. The highest BCUT2D eigenvalue weighted by molar-refractivity contribution is 7.89. The third kappa shape index (κ3) is 5.03. The Morgan fingerprint density at radius 2 is 1.79 bits per heavy atom. The van der Waals surface area contributed by atoms with Crippen LogP contribution in [0.25, 0.3) is 0 Å². The third-order valence-electron chi connectivity index (χ3n) is 5.11. The molecule has 0 saturated carbocycles. The molecule has 1 saturated heterocycles. The second kappa shape index (κ2) is 8.76. The Morgan fingerprint density at radius 1 is 1.14 bits per heavy atom. The maximum atomic E-state index is 13.1. The Morgan fingerprint density at radius 3 is 2.41 bits per heavy atom. The van der Waals surface area contributed by atoms with E-state index in [-0.39, 0.29) is 10.8 Å². The maximum absolute atomic E-state index is 13.1. The number of carbonyl (C=O) groups excluding carboxylic acids is 1. The van der Waals surface area contributed by atoms with Crippen LogP contribution in [0.4, 0.5) is 0 Å². The molecule has 0 bridgehead atoms. The largest absolute Gasteiger partial charge is 0.348 e. The average molecular weight is 412 g/mol. The van der Waals surface area contributed by atoms with Crippen LogP contribution in [0.2, 0.25) is 0 Å². The van der Waals surface area contributed by atoms with Gasteiger partial charge in [-0.3, -0.25) is 4.79 Å². The van der Waals surface area contributed by atoms with Crippen molar-refractivity contribution in [2.75, 3.05) is 13.1 Å². The summed E-state index contributed by atoms with van der Waals surface area (Å²) in [6.07, 6.45) is 1.02. The van der Waals surface area contributed by atoms with Gasteiger partial charge in [-0.2, -0.15) is 9.57 Å². The topological polar surface area (TPSA) is 90.3 Å². The summed E-state index contributed by atoms with van der Waals surface area (Å²) in [7, 11) is -3.64. The van der Waals surface area contributed by atoms with Crippen molar-refractivity contribution in [3.05, 3.63) is 65.2 Å². The van der Waals surface area contributed by atoms with Crippen LogP contribution in [0.1, 0.15) is 41.8 Å². The molecular formula is C22H25N3O3S. The minimum atomic E-state index is -3.64. The lowest BCUT2D eigenvalue weighted by Crippen LogP contribution is -2.42. The van der Waals surface area contributed by atoms with Gasteiger partial charge < -0.3 is 5.32 Å². The lowest BCUT2D eigenvalue weighted by Gasteiger charge is -2.34. The quantitative estimate of drug-likeness (QED) is 0.818. The van der Waals surface area contributed by atoms with E-state index in [9.17, 15) is 13.2 Å². The van der Waals surface area contributed by atoms with Crippen LogP contribution in [0.3, 0.4) is 0 Å². The van der Waals surface area contributed by atoms with Crippen molar-refractivity contribution in [2.45, 2.75) is 31.7 Å². The van der Waals surface area contributed by atoms with Crippen molar-refractivity contribution < 1.29 is 13.2 Å². The predicted molar refractivity (Wildman–Crippen MR) is 110 cm³/mol. The van der Waals surface area contributed by atoms with Crippen molar-refractivity contribution >= 4 is 15.9 Å². The number of hydrogen-bond donors (Lipinski definition) is 1. The number of piperidine rings is 1. The lowest BCUT2D eigenvalue weighted by molar-refractivity contribution is 0.0950. The summed E-state index contributed by atoms with van der Waals surface area (Å²) in [4.78, 5) is 12.7. The molecule has 0 spiro atoms. The summed E-state index contributed by atoms with van der Waals surface area (Å²) in [6, 6.07) is 15.2. The number of carbonyl (C=O) groups is 1. The molecule has 3 rings (SSSR count). The van der Waals surface area contributed by atoms with Gasteiger partial charge in [-0.15, -0.1) is 0 Å². The van der Waals surface area contributed by atoms with E-state index in [1.807, 2.05) is 6.07 Å². The highest BCUT2D eigenvalue weighted by atomic mass is 32.2. The van der Waals surface area contributed by atoms with Crippen LogP contribution in [0.5, 0.6) is 0 Å². The van der Waals surface area contributed by atoms with E-state index in [0.29, 0.717) is 42.6 Å². The molecule has 1 aliphatic heterocycles. The molecule has 2 unspecified atom stereocenters. The molecule has 1 heterocycles. The summed E-state index contributed by atoms with van der Waals surface area (Å²) < 4.78 is 27.6. The van der Waals surface area contributed by atoms with E-state index < -0.39 is 10.0 Å². The zero-order valence-electron chi connectivity index (χ0n) is 16.6. The smallest absolute Gasteiger partial charge is 0.251 e. The van der Waals surface area contributed by atoms with Gasteiger partial charge in [0.25, 0.3) is 5.91 Å². The molecular weight excluding hydrogens is 386 g/mol. The number of benzene rings is 2. The van der Waals surface area contributed by atoms with Crippen molar-refractivity contribution in [3.8, 4) is 6.07 Å². The van der Waals surface area contributed by atoms with Gasteiger partial charge in [-0.25, -0.2) is 8.42 Å². The highest BCUT2D eigenvalue weighted by Gasteiger charge is 2.31. The van der Waals surface area contributed by atoms with Crippen LogP contribution < -0.4 is 5.32 Å². The maximum Gasteiger partial charge on any atom is 0.251 e. The Bertz CT molecular complexity index is 1020. The molecule has 1 fully saturated rings. The first kappa shape index (κ1) is 21.0. The van der Waals surface area contributed by atoms with Gasteiger partial charge in [-0.05, 0) is 54.2 Å². The fourth-order valence-corrected chi connectivity index (χ4v) is 5.46. The zero-order valence-corrected chi connectivity index (χ0v) is 17.4. The van der Waals surface area contributed by atoms with Crippen LogP contribution in [0.15, 0.2) is 53.4 Å². The number of hydrogen-bond acceptors (Lipinski definition) is 4. The van der Waals surface area contributed by atoms with E-state index in [1.54, 1.807) is 36.4 Å². The summed E-state index contributed by atoms with van der Waals surface area (Å²) in [5.74, 6) is 0.284. The molecule has 0 aromatic heterocycles. The van der Waals surface area contributed by atoms with Crippen molar-refractivity contribution in [2.24, 2.45) is 11.8 Å². The Balaban J connectivity index is 1.72. The molecule has 29 heavy (non-hydrogen) atoms. The van der Waals surface area contributed by atoms with Gasteiger partial charge in [0, 0.05) is 25.2 Å². The van der Waals surface area contributed by atoms with E-state index in [0.717, 1.165) is 12.0 Å². The first-order valence-electron chi connectivity index (χ1n) is 9.67. The SMILES string of the molecule is CC1CC(C)CN(S(=O)(=O)c2cccc(C(=O)NCc3ccc(C#N)cc3)c2)C1. The number of nitriles is 1. The van der Waals surface area contributed by atoms with Crippen LogP contribution in [-0.2, 0) is 16.6 Å². The van der Waals surface area contributed by atoms with E-state index in [1.165, 1.54) is 16.4 Å². The average Bonchev–Trinajstić information content (AvgIpc) is 2.71. The molecule has 2 atom stereocenters. The van der Waals surface area contributed by atoms with Gasteiger partial charge in [0.1, 0.15) is 0 Å². The van der Waals surface area contributed by atoms with Gasteiger partial charge >= 0.3 is 0 Å². The number of rotatable bonds is 5. The molecule has 152 valence electrons. The third-order valence-corrected chi connectivity index (χ3v) is 6.93. The van der Waals surface area contributed by atoms with Crippen LogP contribution >= 0.6 is 0 Å². The molecule has 1 N–H and O–H groups in total. The van der Waals surface area contributed by atoms with Gasteiger partial charge in [-0.1, -0.05) is 32.0 Å². The van der Waals surface area contributed by atoms with Gasteiger partial charge in [0.2, 0.25) is 10.0 Å². The first-order chi connectivity index (χ1) is 13.8. The molecule has 1 aliphatic rings. The van der Waals surface area contributed by atoms with Crippen LogP contribution in [-0.4, -0.2) is 31.7 Å². The summed E-state index contributed by atoms with van der Waals surface area (Å²) in [6.45, 7) is 5.42.